The van der Waals surface area contributed by atoms with E-state index in [1.54, 1.807) is 4.90 Å². The number of carbonyl (C=O) groups is 1. The molecule has 0 aromatic carbocycles. The molecule has 0 spiro atoms. The molecule has 160 valence electrons. The average Bonchev–Trinajstić information content (AvgIpc) is 2.81. The summed E-state index contributed by atoms with van der Waals surface area (Å²) in [6.45, 7) is 15.2. The molecular weight excluding hydrogens is 435 g/mol. The first-order valence-electron chi connectivity index (χ1n) is 10.3. The Balaban J connectivity index is 1.79. The molecule has 1 unspecified atom stereocenters. The molecule has 0 radical (unpaired) electrons. The molecule has 2 aliphatic heterocycles. The fraction of sp³-hybridized carbons (Fsp3) is 0.714. The number of pyridine rings is 1. The highest BCUT2D eigenvalue weighted by Gasteiger charge is 2.52. The fourth-order valence-corrected chi connectivity index (χ4v) is 4.04. The summed E-state index contributed by atoms with van der Waals surface area (Å²) in [5, 5.41) is 0. The Morgan fingerprint density at radius 3 is 2.45 bits per heavy atom. The van der Waals surface area contributed by atoms with Crippen molar-refractivity contribution in [1.82, 2.24) is 9.88 Å². The summed E-state index contributed by atoms with van der Waals surface area (Å²) in [5.41, 5.74) is 0.590. The molecule has 0 bridgehead atoms. The number of rotatable bonds is 2. The number of halogens is 1. The Labute approximate surface area is 183 Å². The number of carbonyl (C=O) groups excluding carboxylic acids is 1. The fourth-order valence-electron chi connectivity index (χ4n) is 3.57. The second-order valence-corrected chi connectivity index (χ2v) is 10.8. The molecule has 1 aromatic heterocycles. The van der Waals surface area contributed by atoms with E-state index >= 15 is 0 Å². The van der Waals surface area contributed by atoms with Crippen molar-refractivity contribution >= 4 is 34.6 Å². The van der Waals surface area contributed by atoms with Gasteiger partial charge in [0.1, 0.15) is 10.2 Å². The lowest BCUT2D eigenvalue weighted by molar-refractivity contribution is 0.00578. The lowest BCUT2D eigenvalue weighted by Gasteiger charge is -2.34. The van der Waals surface area contributed by atoms with E-state index in [4.69, 9.17) is 19.0 Å². The van der Waals surface area contributed by atoms with Crippen LogP contribution in [-0.4, -0.2) is 53.0 Å². The van der Waals surface area contributed by atoms with Crippen LogP contribution in [0.1, 0.15) is 72.9 Å². The van der Waals surface area contributed by atoms with Crippen LogP contribution in [0.15, 0.2) is 16.7 Å². The van der Waals surface area contributed by atoms with Gasteiger partial charge in [-0.15, -0.1) is 0 Å². The smallest absolute Gasteiger partial charge is 0.444 e. The van der Waals surface area contributed by atoms with Crippen LogP contribution in [0.3, 0.4) is 0 Å². The zero-order chi connectivity index (χ0) is 21.6. The van der Waals surface area contributed by atoms with Crippen molar-refractivity contribution < 1.29 is 18.8 Å². The van der Waals surface area contributed by atoms with E-state index in [2.05, 4.69) is 22.0 Å². The van der Waals surface area contributed by atoms with Gasteiger partial charge in [0.15, 0.2) is 0 Å². The van der Waals surface area contributed by atoms with Gasteiger partial charge in [0.2, 0.25) is 0 Å². The lowest BCUT2D eigenvalue weighted by Crippen LogP contribution is -2.42. The summed E-state index contributed by atoms with van der Waals surface area (Å²) >= 11 is 3.54. The normalized spacial score (nSPS) is 23.9. The first-order valence-corrected chi connectivity index (χ1v) is 11.1. The maximum absolute atomic E-state index is 12.5. The van der Waals surface area contributed by atoms with Crippen LogP contribution in [0.4, 0.5) is 4.79 Å². The highest BCUT2D eigenvalue weighted by atomic mass is 79.9. The molecular formula is C21H32BBrN2O4. The lowest BCUT2D eigenvalue weighted by atomic mass is 9.78. The van der Waals surface area contributed by atoms with Crippen LogP contribution in [0.5, 0.6) is 0 Å². The van der Waals surface area contributed by atoms with Gasteiger partial charge in [0, 0.05) is 24.7 Å². The first-order chi connectivity index (χ1) is 13.3. The third-order valence-corrected chi connectivity index (χ3v) is 6.26. The van der Waals surface area contributed by atoms with Crippen molar-refractivity contribution in [2.24, 2.45) is 0 Å². The summed E-state index contributed by atoms with van der Waals surface area (Å²) in [6, 6.07) is 4.00. The summed E-state index contributed by atoms with van der Waals surface area (Å²) < 4.78 is 18.7. The van der Waals surface area contributed by atoms with E-state index < -0.39 is 23.9 Å². The highest BCUT2D eigenvalue weighted by Crippen LogP contribution is 2.37. The molecule has 3 heterocycles. The average molecular weight is 467 g/mol. The quantitative estimate of drug-likeness (QED) is 0.481. The van der Waals surface area contributed by atoms with Crippen molar-refractivity contribution in [1.29, 1.82) is 0 Å². The minimum absolute atomic E-state index is 0.148. The highest BCUT2D eigenvalue weighted by molar-refractivity contribution is 9.10. The molecule has 29 heavy (non-hydrogen) atoms. The molecule has 0 N–H and O–H groups in total. The van der Waals surface area contributed by atoms with Gasteiger partial charge in [-0.3, -0.25) is 0 Å². The Morgan fingerprint density at radius 2 is 1.86 bits per heavy atom. The summed E-state index contributed by atoms with van der Waals surface area (Å²) in [6.07, 6.45) is 1.64. The Morgan fingerprint density at radius 1 is 1.24 bits per heavy atom. The number of hydrogen-bond acceptors (Lipinski definition) is 5. The van der Waals surface area contributed by atoms with Crippen LogP contribution < -0.4 is 5.46 Å². The number of hydrogen-bond donors (Lipinski definition) is 0. The molecule has 0 aliphatic carbocycles. The first kappa shape index (κ1) is 22.6. The van der Waals surface area contributed by atoms with E-state index in [9.17, 15) is 4.79 Å². The number of ether oxygens (including phenoxy) is 1. The Bertz CT molecular complexity index is 762. The molecule has 1 amide bonds. The Hall–Kier alpha value is -1.12. The van der Waals surface area contributed by atoms with Gasteiger partial charge in [-0.1, -0.05) is 0 Å². The summed E-state index contributed by atoms with van der Waals surface area (Å²) in [7, 11) is -0.441. The van der Waals surface area contributed by atoms with E-state index in [-0.39, 0.29) is 12.0 Å². The number of aromatic nitrogens is 1. The third-order valence-electron chi connectivity index (χ3n) is 5.85. The summed E-state index contributed by atoms with van der Waals surface area (Å²) in [4.78, 5) is 19.0. The van der Waals surface area contributed by atoms with Crippen molar-refractivity contribution in [2.75, 3.05) is 13.1 Å². The molecule has 6 nitrogen and oxygen atoms in total. The van der Waals surface area contributed by atoms with Crippen molar-refractivity contribution in [3.05, 3.63) is 22.4 Å². The molecule has 2 saturated heterocycles. The van der Waals surface area contributed by atoms with Crippen molar-refractivity contribution in [3.63, 3.8) is 0 Å². The van der Waals surface area contributed by atoms with Crippen molar-refractivity contribution in [2.45, 2.75) is 84.0 Å². The largest absolute Gasteiger partial charge is 0.494 e. The maximum atomic E-state index is 12.5. The minimum Gasteiger partial charge on any atom is -0.444 e. The van der Waals surface area contributed by atoms with Crippen LogP contribution >= 0.6 is 15.9 Å². The number of likely N-dealkylation sites (tertiary alicyclic amines) is 1. The minimum atomic E-state index is -0.498. The number of piperidine rings is 1. The molecule has 1 aromatic rings. The van der Waals surface area contributed by atoms with Gasteiger partial charge >= 0.3 is 13.2 Å². The summed E-state index contributed by atoms with van der Waals surface area (Å²) in [5.74, 6) is 0.148. The van der Waals surface area contributed by atoms with Gasteiger partial charge in [0.05, 0.1) is 11.2 Å². The van der Waals surface area contributed by atoms with E-state index in [1.165, 1.54) is 0 Å². The van der Waals surface area contributed by atoms with E-state index in [0.29, 0.717) is 13.1 Å². The third kappa shape index (κ3) is 5.15. The zero-order valence-corrected chi connectivity index (χ0v) is 20.1. The number of amides is 1. The van der Waals surface area contributed by atoms with Crippen LogP contribution in [0.2, 0.25) is 0 Å². The molecule has 8 heteroatoms. The molecule has 0 saturated carbocycles. The van der Waals surface area contributed by atoms with Gasteiger partial charge in [0.25, 0.3) is 0 Å². The molecule has 2 fully saturated rings. The monoisotopic (exact) mass is 466 g/mol. The van der Waals surface area contributed by atoms with Gasteiger partial charge in [-0.05, 0) is 94.8 Å². The molecule has 1 atom stereocenters. The Kier molecular flexibility index (Phi) is 6.11. The second-order valence-electron chi connectivity index (χ2n) is 10.0. The van der Waals surface area contributed by atoms with Crippen LogP contribution in [-0.2, 0) is 14.0 Å². The number of nitrogens with zero attached hydrogens (tertiary/aromatic N) is 2. The SMILES string of the molecule is CC(C)(C)OC(=O)N1CCCC(c2cc(B3OC(C)(C)C(C)(C)O3)cc(Br)n2)C1. The molecule has 3 rings (SSSR count). The second kappa shape index (κ2) is 7.86. The predicted molar refractivity (Wildman–Crippen MR) is 117 cm³/mol. The zero-order valence-electron chi connectivity index (χ0n) is 18.5. The van der Waals surface area contributed by atoms with Crippen LogP contribution in [0.25, 0.3) is 0 Å². The van der Waals surface area contributed by atoms with Gasteiger partial charge in [-0.2, -0.15) is 0 Å². The van der Waals surface area contributed by atoms with E-state index in [1.807, 2.05) is 54.5 Å². The van der Waals surface area contributed by atoms with Gasteiger partial charge in [-0.25, -0.2) is 9.78 Å². The van der Waals surface area contributed by atoms with Crippen molar-refractivity contribution in [3.8, 4) is 0 Å². The topological polar surface area (TPSA) is 60.9 Å². The van der Waals surface area contributed by atoms with Gasteiger partial charge < -0.3 is 18.9 Å². The van der Waals surface area contributed by atoms with E-state index in [0.717, 1.165) is 28.6 Å². The molecule has 2 aliphatic rings. The standard InChI is InChI=1S/C21H32BBrN2O4/c1-19(2,3)27-18(26)25-10-8-9-14(13-25)16-11-15(12-17(23)24-16)22-28-20(4,5)21(6,7)29-22/h11-12,14H,8-10,13H2,1-7H3. The van der Waals surface area contributed by atoms with Crippen LogP contribution in [0, 0.1) is 0 Å². The maximum Gasteiger partial charge on any atom is 0.494 e. The predicted octanol–water partition coefficient (Wildman–Crippen LogP) is 4.26.